The highest BCUT2D eigenvalue weighted by Gasteiger charge is 2.35. The summed E-state index contributed by atoms with van der Waals surface area (Å²) >= 11 is 0. The molecule has 1 N–H and O–H groups in total. The van der Waals surface area contributed by atoms with Crippen molar-refractivity contribution in [2.75, 3.05) is 74.3 Å². The molecule has 0 aromatic heterocycles. The number of morpholine rings is 2. The smallest absolute Gasteiger partial charge is 0.243 e. The van der Waals surface area contributed by atoms with E-state index in [9.17, 15) is 18.0 Å². The molecular formula is C25H30N4O6S. The number of nitrogens with zero attached hydrogens (tertiary/aromatic N) is 3. The maximum absolute atomic E-state index is 12.9. The average Bonchev–Trinajstić information content (AvgIpc) is 3.32. The SMILES string of the molecule is O=C(Nc1ccc(N2CCOCC2)cc1)C1CC(=O)N(c2ccc(S(=O)(=O)N3CCOCC3)cc2)C1. The summed E-state index contributed by atoms with van der Waals surface area (Å²) in [5.74, 6) is -0.869. The van der Waals surface area contributed by atoms with Gasteiger partial charge in [0.15, 0.2) is 0 Å². The maximum Gasteiger partial charge on any atom is 0.243 e. The van der Waals surface area contributed by atoms with Gasteiger partial charge in [0.25, 0.3) is 0 Å². The van der Waals surface area contributed by atoms with E-state index in [1.54, 1.807) is 12.1 Å². The van der Waals surface area contributed by atoms with Crippen LogP contribution in [-0.4, -0.2) is 83.7 Å². The molecule has 10 nitrogen and oxygen atoms in total. The number of nitrogens with one attached hydrogen (secondary N) is 1. The van der Waals surface area contributed by atoms with Crippen molar-refractivity contribution in [3.63, 3.8) is 0 Å². The molecule has 0 aliphatic carbocycles. The van der Waals surface area contributed by atoms with Gasteiger partial charge in [-0.1, -0.05) is 0 Å². The molecule has 2 aromatic carbocycles. The minimum Gasteiger partial charge on any atom is -0.379 e. The predicted octanol–water partition coefficient (Wildman–Crippen LogP) is 1.54. The lowest BCUT2D eigenvalue weighted by Crippen LogP contribution is -2.40. The van der Waals surface area contributed by atoms with E-state index in [-0.39, 0.29) is 29.7 Å². The molecule has 0 bridgehead atoms. The van der Waals surface area contributed by atoms with Crippen LogP contribution >= 0.6 is 0 Å². The van der Waals surface area contributed by atoms with Gasteiger partial charge in [-0.05, 0) is 48.5 Å². The zero-order valence-electron chi connectivity index (χ0n) is 20.0. The highest BCUT2D eigenvalue weighted by Crippen LogP contribution is 2.28. The molecule has 1 unspecified atom stereocenters. The van der Waals surface area contributed by atoms with Crippen molar-refractivity contribution < 1.29 is 27.5 Å². The number of carbonyl (C=O) groups is 2. The van der Waals surface area contributed by atoms with E-state index in [0.717, 1.165) is 18.8 Å². The van der Waals surface area contributed by atoms with Crippen molar-refractivity contribution in [1.82, 2.24) is 4.31 Å². The van der Waals surface area contributed by atoms with Crippen molar-refractivity contribution in [2.24, 2.45) is 5.92 Å². The van der Waals surface area contributed by atoms with Crippen LogP contribution in [0.15, 0.2) is 53.4 Å². The largest absolute Gasteiger partial charge is 0.379 e. The van der Waals surface area contributed by atoms with E-state index >= 15 is 0 Å². The van der Waals surface area contributed by atoms with Crippen LogP contribution < -0.4 is 15.1 Å². The highest BCUT2D eigenvalue weighted by molar-refractivity contribution is 7.89. The number of hydrogen-bond acceptors (Lipinski definition) is 7. The Morgan fingerprint density at radius 1 is 0.833 bits per heavy atom. The van der Waals surface area contributed by atoms with E-state index in [0.29, 0.717) is 50.9 Å². The van der Waals surface area contributed by atoms with Crippen LogP contribution in [0.25, 0.3) is 0 Å². The molecule has 0 saturated carbocycles. The van der Waals surface area contributed by atoms with Crippen molar-refractivity contribution in [3.8, 4) is 0 Å². The van der Waals surface area contributed by atoms with Gasteiger partial charge in [0.05, 0.1) is 37.2 Å². The first kappa shape index (κ1) is 24.7. The molecule has 3 aliphatic heterocycles. The third-order valence-corrected chi connectivity index (χ3v) is 8.68. The van der Waals surface area contributed by atoms with Gasteiger partial charge in [0.1, 0.15) is 0 Å². The molecule has 192 valence electrons. The van der Waals surface area contributed by atoms with E-state index < -0.39 is 15.9 Å². The summed E-state index contributed by atoms with van der Waals surface area (Å²) in [6, 6.07) is 13.9. The summed E-state index contributed by atoms with van der Waals surface area (Å²) in [5.41, 5.74) is 2.34. The van der Waals surface area contributed by atoms with Gasteiger partial charge in [-0.2, -0.15) is 4.31 Å². The lowest BCUT2D eigenvalue weighted by molar-refractivity contribution is -0.122. The Balaban J connectivity index is 1.20. The molecule has 0 spiro atoms. The molecule has 3 heterocycles. The Labute approximate surface area is 210 Å². The van der Waals surface area contributed by atoms with Crippen molar-refractivity contribution >= 4 is 38.9 Å². The summed E-state index contributed by atoms with van der Waals surface area (Å²) < 4.78 is 37.7. The Morgan fingerprint density at radius 3 is 2.06 bits per heavy atom. The van der Waals surface area contributed by atoms with E-state index in [4.69, 9.17) is 9.47 Å². The quantitative estimate of drug-likeness (QED) is 0.623. The Morgan fingerprint density at radius 2 is 1.42 bits per heavy atom. The Kier molecular flexibility index (Phi) is 7.24. The molecule has 5 rings (SSSR count). The van der Waals surface area contributed by atoms with Gasteiger partial charge in [0, 0.05) is 56.2 Å². The zero-order chi connectivity index (χ0) is 25.1. The number of rotatable bonds is 6. The number of ether oxygens (including phenoxy) is 2. The molecule has 2 amide bonds. The van der Waals surface area contributed by atoms with Gasteiger partial charge in [0.2, 0.25) is 21.8 Å². The van der Waals surface area contributed by atoms with E-state index in [1.807, 2.05) is 24.3 Å². The monoisotopic (exact) mass is 514 g/mol. The van der Waals surface area contributed by atoms with Crippen molar-refractivity contribution in [3.05, 3.63) is 48.5 Å². The Bertz CT molecular complexity index is 1190. The number of anilines is 3. The predicted molar refractivity (Wildman–Crippen MR) is 135 cm³/mol. The van der Waals surface area contributed by atoms with Crippen LogP contribution in [0.4, 0.5) is 17.1 Å². The first-order valence-corrected chi connectivity index (χ1v) is 13.6. The molecule has 0 radical (unpaired) electrons. The molecule has 3 fully saturated rings. The van der Waals surface area contributed by atoms with Gasteiger partial charge in [-0.25, -0.2) is 8.42 Å². The molecule has 2 aromatic rings. The van der Waals surface area contributed by atoms with Gasteiger partial charge >= 0.3 is 0 Å². The second-order valence-corrected chi connectivity index (χ2v) is 11.0. The first-order chi connectivity index (χ1) is 17.4. The number of carbonyl (C=O) groups excluding carboxylic acids is 2. The maximum atomic E-state index is 12.9. The van der Waals surface area contributed by atoms with Crippen LogP contribution in [0.3, 0.4) is 0 Å². The summed E-state index contributed by atoms with van der Waals surface area (Å²) in [5, 5.41) is 2.92. The number of benzene rings is 2. The fraction of sp³-hybridized carbons (Fsp3) is 0.440. The van der Waals surface area contributed by atoms with Gasteiger partial charge in [-0.15, -0.1) is 0 Å². The summed E-state index contributed by atoms with van der Waals surface area (Å²) in [4.78, 5) is 29.5. The summed E-state index contributed by atoms with van der Waals surface area (Å²) in [6.07, 6.45) is 0.103. The minimum absolute atomic E-state index is 0.103. The molecule has 1 atom stereocenters. The topological polar surface area (TPSA) is 108 Å². The molecule has 36 heavy (non-hydrogen) atoms. The average molecular weight is 515 g/mol. The fourth-order valence-corrected chi connectivity index (χ4v) is 6.10. The van der Waals surface area contributed by atoms with Gasteiger partial charge < -0.3 is 24.6 Å². The normalized spacial score (nSPS) is 21.6. The van der Waals surface area contributed by atoms with Gasteiger partial charge in [-0.3, -0.25) is 9.59 Å². The van der Waals surface area contributed by atoms with Crippen LogP contribution in [0, 0.1) is 5.92 Å². The summed E-state index contributed by atoms with van der Waals surface area (Å²) in [7, 11) is -3.61. The third kappa shape index (κ3) is 5.24. The molecule has 11 heteroatoms. The molecular weight excluding hydrogens is 484 g/mol. The van der Waals surface area contributed by atoms with E-state index in [1.165, 1.54) is 21.3 Å². The number of sulfonamides is 1. The second-order valence-electron chi connectivity index (χ2n) is 9.05. The van der Waals surface area contributed by atoms with Crippen LogP contribution in [0.5, 0.6) is 0 Å². The molecule has 3 saturated heterocycles. The summed E-state index contributed by atoms with van der Waals surface area (Å²) in [6.45, 7) is 4.73. The lowest BCUT2D eigenvalue weighted by atomic mass is 10.1. The van der Waals surface area contributed by atoms with E-state index in [2.05, 4.69) is 10.2 Å². The van der Waals surface area contributed by atoms with Crippen molar-refractivity contribution in [1.29, 1.82) is 0 Å². The second kappa shape index (κ2) is 10.6. The lowest BCUT2D eigenvalue weighted by Gasteiger charge is -2.28. The zero-order valence-corrected chi connectivity index (χ0v) is 20.8. The standard InChI is InChI=1S/C25H30N4O6S/c30-24-17-19(25(31)26-20-1-3-21(4-2-20)27-9-13-34-14-10-27)18-29(24)22-5-7-23(8-6-22)36(32,33)28-11-15-35-16-12-28/h1-8,19H,9-18H2,(H,26,31). The van der Waals surface area contributed by atoms with Crippen LogP contribution in [0.2, 0.25) is 0 Å². The molecule has 3 aliphatic rings. The minimum atomic E-state index is -3.61. The van der Waals surface area contributed by atoms with Crippen LogP contribution in [0.1, 0.15) is 6.42 Å². The van der Waals surface area contributed by atoms with Crippen molar-refractivity contribution in [2.45, 2.75) is 11.3 Å². The van der Waals surface area contributed by atoms with Crippen LogP contribution in [-0.2, 0) is 29.1 Å². The highest BCUT2D eigenvalue weighted by atomic mass is 32.2. The number of amides is 2. The third-order valence-electron chi connectivity index (χ3n) is 6.76. The first-order valence-electron chi connectivity index (χ1n) is 12.1. The fourth-order valence-electron chi connectivity index (χ4n) is 4.69. The number of hydrogen-bond donors (Lipinski definition) is 1. The Hall–Kier alpha value is -2.99.